The summed E-state index contributed by atoms with van der Waals surface area (Å²) >= 11 is 0. The van der Waals surface area contributed by atoms with Crippen LogP contribution in [0.4, 0.5) is 0 Å². The van der Waals surface area contributed by atoms with Crippen molar-refractivity contribution >= 4 is 17.7 Å². The van der Waals surface area contributed by atoms with E-state index in [1.807, 2.05) is 0 Å². The highest BCUT2D eigenvalue weighted by atomic mass is 16.3. The Morgan fingerprint density at radius 1 is 1.50 bits per heavy atom. The van der Waals surface area contributed by atoms with Crippen LogP contribution in [0.1, 0.15) is 20.3 Å². The molecule has 2 aliphatic rings. The summed E-state index contributed by atoms with van der Waals surface area (Å²) in [4.78, 5) is 37.6. The smallest absolute Gasteiger partial charge is 0.251 e. The third-order valence-electron chi connectivity index (χ3n) is 3.32. The van der Waals surface area contributed by atoms with Gasteiger partial charge in [-0.1, -0.05) is 0 Å². The molecule has 0 bridgehead atoms. The first-order valence-corrected chi connectivity index (χ1v) is 5.89. The molecule has 0 aromatic heterocycles. The highest BCUT2D eigenvalue weighted by molar-refractivity contribution is 5.92. The molecule has 100 valence electrons. The summed E-state index contributed by atoms with van der Waals surface area (Å²) in [6.45, 7) is 3.76. The third kappa shape index (κ3) is 2.17. The molecule has 0 aromatic carbocycles. The fourth-order valence-electron chi connectivity index (χ4n) is 2.32. The first-order valence-electron chi connectivity index (χ1n) is 5.89. The summed E-state index contributed by atoms with van der Waals surface area (Å²) in [7, 11) is 0. The minimum Gasteiger partial charge on any atom is -0.383 e. The Hall–Kier alpha value is -1.63. The Morgan fingerprint density at radius 2 is 2.17 bits per heavy atom. The lowest BCUT2D eigenvalue weighted by molar-refractivity contribution is -0.143. The number of amides is 3. The number of nitrogens with one attached hydrogen (secondary N) is 1. The maximum absolute atomic E-state index is 12.1. The second-order valence-electron chi connectivity index (χ2n) is 5.15. The summed E-state index contributed by atoms with van der Waals surface area (Å²) in [6, 6.07) is 0. The van der Waals surface area contributed by atoms with E-state index < -0.39 is 17.7 Å². The quantitative estimate of drug-likeness (QED) is 0.614. The van der Waals surface area contributed by atoms with Crippen LogP contribution < -0.4 is 5.32 Å². The van der Waals surface area contributed by atoms with Crippen molar-refractivity contribution in [2.45, 2.75) is 32.0 Å². The molecule has 18 heavy (non-hydrogen) atoms. The molecule has 0 spiro atoms. The van der Waals surface area contributed by atoms with E-state index in [4.69, 9.17) is 0 Å². The van der Waals surface area contributed by atoms with Crippen molar-refractivity contribution in [2.24, 2.45) is 0 Å². The van der Waals surface area contributed by atoms with E-state index in [9.17, 15) is 19.5 Å². The monoisotopic (exact) mass is 255 g/mol. The molecule has 2 rings (SSSR count). The van der Waals surface area contributed by atoms with Gasteiger partial charge in [0.05, 0.1) is 6.54 Å². The van der Waals surface area contributed by atoms with Crippen molar-refractivity contribution in [1.29, 1.82) is 0 Å². The summed E-state index contributed by atoms with van der Waals surface area (Å²) in [5.41, 5.74) is -0.727. The Kier molecular flexibility index (Phi) is 3.02. The predicted octanol–water partition coefficient (Wildman–Crippen LogP) is -1.73. The van der Waals surface area contributed by atoms with E-state index in [-0.39, 0.29) is 24.9 Å². The van der Waals surface area contributed by atoms with E-state index in [1.165, 1.54) is 9.80 Å². The van der Waals surface area contributed by atoms with Gasteiger partial charge in [-0.2, -0.15) is 0 Å². The first-order chi connectivity index (χ1) is 8.31. The van der Waals surface area contributed by atoms with Crippen LogP contribution in [0, 0.1) is 0 Å². The minimum atomic E-state index is -0.996. The predicted molar refractivity (Wildman–Crippen MR) is 61.1 cm³/mol. The number of carbonyl (C=O) groups is 3. The van der Waals surface area contributed by atoms with Crippen molar-refractivity contribution in [2.75, 3.05) is 19.6 Å². The molecule has 7 heteroatoms. The van der Waals surface area contributed by atoms with E-state index in [2.05, 4.69) is 5.32 Å². The van der Waals surface area contributed by atoms with E-state index in [1.54, 1.807) is 13.8 Å². The van der Waals surface area contributed by atoms with Crippen molar-refractivity contribution in [3.63, 3.8) is 0 Å². The molecule has 2 fully saturated rings. The minimum absolute atomic E-state index is 0.0103. The van der Waals surface area contributed by atoms with Gasteiger partial charge in [0.2, 0.25) is 11.8 Å². The molecule has 2 aliphatic heterocycles. The van der Waals surface area contributed by atoms with Gasteiger partial charge in [0.1, 0.15) is 18.3 Å². The normalized spacial score (nSPS) is 26.7. The van der Waals surface area contributed by atoms with Crippen molar-refractivity contribution < 1.29 is 19.5 Å². The number of carbonyl (C=O) groups excluding carboxylic acids is 3. The summed E-state index contributed by atoms with van der Waals surface area (Å²) < 4.78 is 0. The number of rotatable bonds is 2. The average molecular weight is 255 g/mol. The largest absolute Gasteiger partial charge is 0.383 e. The molecule has 2 N–H and O–H groups in total. The number of hydrogen-bond donors (Lipinski definition) is 2. The maximum atomic E-state index is 12.1. The SMILES string of the molecule is CC1(C)NC(=O)CN1C(=O)CN1CCC(O)C1=O. The van der Waals surface area contributed by atoms with Crippen LogP contribution in [0.25, 0.3) is 0 Å². The summed E-state index contributed by atoms with van der Waals surface area (Å²) in [5, 5.41) is 12.0. The zero-order valence-corrected chi connectivity index (χ0v) is 10.5. The molecule has 1 atom stereocenters. The van der Waals surface area contributed by atoms with Crippen LogP contribution in [-0.4, -0.2) is 64.0 Å². The molecule has 7 nitrogen and oxygen atoms in total. The van der Waals surface area contributed by atoms with Gasteiger partial charge in [-0.15, -0.1) is 0 Å². The second kappa shape index (κ2) is 4.24. The fourth-order valence-corrected chi connectivity index (χ4v) is 2.32. The Bertz CT molecular complexity index is 407. The fraction of sp³-hybridized carbons (Fsp3) is 0.727. The van der Waals surface area contributed by atoms with Gasteiger partial charge in [-0.3, -0.25) is 14.4 Å². The van der Waals surface area contributed by atoms with Gasteiger partial charge >= 0.3 is 0 Å². The van der Waals surface area contributed by atoms with E-state index >= 15 is 0 Å². The molecule has 0 radical (unpaired) electrons. The third-order valence-corrected chi connectivity index (χ3v) is 3.32. The lowest BCUT2D eigenvalue weighted by atomic mass is 10.2. The van der Waals surface area contributed by atoms with Crippen molar-refractivity contribution in [3.05, 3.63) is 0 Å². The van der Waals surface area contributed by atoms with Gasteiger partial charge < -0.3 is 20.2 Å². The Labute approximate surface area is 105 Å². The molecular formula is C11H17N3O4. The van der Waals surface area contributed by atoms with Gasteiger partial charge in [-0.25, -0.2) is 0 Å². The highest BCUT2D eigenvalue weighted by Gasteiger charge is 2.41. The van der Waals surface area contributed by atoms with Crippen LogP contribution >= 0.6 is 0 Å². The molecule has 0 saturated carbocycles. The molecular weight excluding hydrogens is 238 g/mol. The lowest BCUT2D eigenvalue weighted by Crippen LogP contribution is -2.52. The van der Waals surface area contributed by atoms with Crippen molar-refractivity contribution in [1.82, 2.24) is 15.1 Å². The molecule has 0 aliphatic carbocycles. The number of nitrogens with zero attached hydrogens (tertiary/aromatic N) is 2. The van der Waals surface area contributed by atoms with Crippen LogP contribution in [0.15, 0.2) is 0 Å². The molecule has 2 heterocycles. The first kappa shape index (κ1) is 12.8. The molecule has 1 unspecified atom stereocenters. The summed E-state index contributed by atoms with van der Waals surface area (Å²) in [5.74, 6) is -0.915. The van der Waals surface area contributed by atoms with E-state index in [0.29, 0.717) is 13.0 Å². The number of likely N-dealkylation sites (tertiary alicyclic amines) is 1. The number of aliphatic hydroxyl groups excluding tert-OH is 1. The van der Waals surface area contributed by atoms with Gasteiger partial charge in [0, 0.05) is 6.54 Å². The van der Waals surface area contributed by atoms with Gasteiger partial charge in [0.25, 0.3) is 5.91 Å². The standard InChI is InChI=1S/C11H17N3O4/c1-11(2)12-8(16)5-14(11)9(17)6-13-4-3-7(15)10(13)18/h7,15H,3-6H2,1-2H3,(H,12,16). The Morgan fingerprint density at radius 3 is 2.61 bits per heavy atom. The average Bonchev–Trinajstić information content (AvgIpc) is 2.71. The number of hydrogen-bond acceptors (Lipinski definition) is 4. The van der Waals surface area contributed by atoms with Gasteiger partial charge in [-0.05, 0) is 20.3 Å². The lowest BCUT2D eigenvalue weighted by Gasteiger charge is -2.31. The van der Waals surface area contributed by atoms with Crippen molar-refractivity contribution in [3.8, 4) is 0 Å². The van der Waals surface area contributed by atoms with Crippen LogP contribution in [-0.2, 0) is 14.4 Å². The van der Waals surface area contributed by atoms with E-state index in [0.717, 1.165) is 0 Å². The van der Waals surface area contributed by atoms with Crippen LogP contribution in [0.5, 0.6) is 0 Å². The number of aliphatic hydroxyl groups is 1. The molecule has 0 aromatic rings. The molecule has 3 amide bonds. The second-order valence-corrected chi connectivity index (χ2v) is 5.15. The van der Waals surface area contributed by atoms with Crippen LogP contribution in [0.3, 0.4) is 0 Å². The zero-order valence-electron chi connectivity index (χ0n) is 10.5. The molecule has 2 saturated heterocycles. The van der Waals surface area contributed by atoms with Gasteiger partial charge in [0.15, 0.2) is 0 Å². The zero-order chi connectivity index (χ0) is 13.5. The Balaban J connectivity index is 2.01. The highest BCUT2D eigenvalue weighted by Crippen LogP contribution is 2.18. The van der Waals surface area contributed by atoms with Crippen LogP contribution in [0.2, 0.25) is 0 Å². The maximum Gasteiger partial charge on any atom is 0.251 e. The summed E-state index contributed by atoms with van der Waals surface area (Å²) in [6.07, 6.45) is -0.642. The topological polar surface area (TPSA) is 90.0 Å².